The lowest BCUT2D eigenvalue weighted by Gasteiger charge is -2.23. The summed E-state index contributed by atoms with van der Waals surface area (Å²) in [4.78, 5) is 0. The molecule has 3 unspecified atom stereocenters. The van der Waals surface area contributed by atoms with Crippen LogP contribution in [-0.4, -0.2) is 34.0 Å². The maximum Gasteiger partial charge on any atom is 0.297 e. The summed E-state index contributed by atoms with van der Waals surface area (Å²) in [6.07, 6.45) is 2.83. The van der Waals surface area contributed by atoms with Crippen LogP contribution in [0, 0.1) is 0 Å². The molecular weight excluding hydrogens is 948 g/mol. The Morgan fingerprint density at radius 2 is 1.19 bits per heavy atom. The first-order valence-corrected chi connectivity index (χ1v) is 16.5. The van der Waals surface area contributed by atoms with Crippen molar-refractivity contribution in [2.24, 2.45) is 0 Å². The van der Waals surface area contributed by atoms with E-state index in [1.807, 2.05) is 67.8 Å². The smallest absolute Gasteiger partial charge is 0.211 e. The molecule has 36 heavy (non-hydrogen) atoms. The second kappa shape index (κ2) is 21.6. The lowest BCUT2D eigenvalue weighted by Crippen LogP contribution is -2.26. The van der Waals surface area contributed by atoms with Gasteiger partial charge < -0.3 is 0 Å². The highest BCUT2D eigenvalue weighted by Gasteiger charge is 2.35. The van der Waals surface area contributed by atoms with E-state index in [1.54, 1.807) is 12.2 Å². The molecule has 0 aliphatic carbocycles. The monoisotopic (exact) mass is 984 g/mol. The molecule has 0 heterocycles. The standard InChI is InChI=1S/C12H16F4I4.C12H20F4/c1-2-3-8(17)5-11(13,14)6-9(18)4-10(19)7-12(15,16)20;1-2-3-6-9-12(15,16)10-7-4-5-8-11(13)14/h2,8-10H,1,3-7H2;2,11H,1,3-10H2. The Morgan fingerprint density at radius 3 is 1.69 bits per heavy atom. The molecule has 0 rings (SSSR count). The Balaban J connectivity index is 0. The molecule has 0 fully saturated rings. The van der Waals surface area contributed by atoms with Gasteiger partial charge in [0.05, 0.1) is 0 Å². The molecule has 0 saturated heterocycles. The zero-order valence-corrected chi connectivity index (χ0v) is 28.7. The van der Waals surface area contributed by atoms with E-state index in [1.165, 1.54) is 0 Å². The Hall–Kier alpha value is 1.84. The number of unbranched alkanes of at least 4 members (excludes halogenated alkanes) is 3. The second-order valence-electron chi connectivity index (χ2n) is 8.66. The van der Waals surface area contributed by atoms with Crippen molar-refractivity contribution >= 4 is 90.4 Å². The number of allylic oxidation sites excluding steroid dienone is 2. The van der Waals surface area contributed by atoms with Crippen LogP contribution in [0.1, 0.15) is 83.5 Å². The summed E-state index contributed by atoms with van der Waals surface area (Å²) in [5, 5.41) is 0. The van der Waals surface area contributed by atoms with Gasteiger partial charge in [0.25, 0.3) is 3.93 Å². The van der Waals surface area contributed by atoms with E-state index in [-0.39, 0.29) is 50.3 Å². The van der Waals surface area contributed by atoms with Gasteiger partial charge in [-0.1, -0.05) is 86.3 Å². The Bertz CT molecular complexity index is 571. The fourth-order valence-electron chi connectivity index (χ4n) is 3.18. The van der Waals surface area contributed by atoms with Crippen LogP contribution in [0.5, 0.6) is 0 Å². The van der Waals surface area contributed by atoms with Crippen molar-refractivity contribution in [2.45, 2.75) is 117 Å². The first-order chi connectivity index (χ1) is 16.4. The van der Waals surface area contributed by atoms with Crippen molar-refractivity contribution < 1.29 is 35.1 Å². The zero-order valence-electron chi connectivity index (χ0n) is 20.1. The van der Waals surface area contributed by atoms with Crippen LogP contribution in [-0.2, 0) is 0 Å². The molecule has 0 bridgehead atoms. The fourth-order valence-corrected chi connectivity index (χ4v) is 8.96. The van der Waals surface area contributed by atoms with Crippen LogP contribution >= 0.6 is 90.4 Å². The molecule has 0 amide bonds. The molecule has 0 aromatic carbocycles. The predicted molar refractivity (Wildman–Crippen MR) is 169 cm³/mol. The summed E-state index contributed by atoms with van der Waals surface area (Å²) in [7, 11) is 0. The number of hydrogen-bond acceptors (Lipinski definition) is 0. The lowest BCUT2D eigenvalue weighted by molar-refractivity contribution is -0.0201. The minimum atomic E-state index is -2.76. The normalized spacial score (nSPS) is 15.1. The van der Waals surface area contributed by atoms with E-state index in [0.29, 0.717) is 44.9 Å². The third kappa shape index (κ3) is 28.8. The Labute approximate surface area is 265 Å². The average molecular weight is 984 g/mol. The van der Waals surface area contributed by atoms with E-state index in [9.17, 15) is 35.1 Å². The number of hydrogen-bond donors (Lipinski definition) is 0. The highest BCUT2D eigenvalue weighted by atomic mass is 127. The minimum Gasteiger partial charge on any atom is -0.211 e. The topological polar surface area (TPSA) is 0 Å². The molecule has 0 spiro atoms. The van der Waals surface area contributed by atoms with E-state index < -0.39 is 22.2 Å². The molecule has 0 aliphatic rings. The van der Waals surface area contributed by atoms with Crippen LogP contribution in [0.15, 0.2) is 25.3 Å². The first-order valence-electron chi connectivity index (χ1n) is 11.7. The molecule has 0 aliphatic heterocycles. The van der Waals surface area contributed by atoms with Gasteiger partial charge >= 0.3 is 0 Å². The molecule has 216 valence electrons. The van der Waals surface area contributed by atoms with E-state index >= 15 is 0 Å². The van der Waals surface area contributed by atoms with Crippen molar-refractivity contribution in [3.63, 3.8) is 0 Å². The van der Waals surface area contributed by atoms with Gasteiger partial charge in [0.2, 0.25) is 18.3 Å². The Morgan fingerprint density at radius 1 is 0.667 bits per heavy atom. The molecule has 0 aromatic rings. The van der Waals surface area contributed by atoms with Gasteiger partial charge in [0, 0.05) is 50.3 Å². The van der Waals surface area contributed by atoms with Crippen molar-refractivity contribution in [1.29, 1.82) is 0 Å². The largest absolute Gasteiger partial charge is 0.297 e. The predicted octanol–water partition coefficient (Wildman–Crippen LogP) is 12.4. The van der Waals surface area contributed by atoms with Gasteiger partial charge in [-0.25, -0.2) is 26.3 Å². The lowest BCUT2D eigenvalue weighted by atomic mass is 10.0. The summed E-state index contributed by atoms with van der Waals surface area (Å²) in [5.74, 6) is -5.39. The SMILES string of the molecule is C=CCC(I)CC(F)(F)CC(I)CC(I)CC(F)(F)I.C=CCCCC(F)(F)CCCCCC(F)F. The fraction of sp³-hybridized carbons (Fsp3) is 0.833. The van der Waals surface area contributed by atoms with E-state index in [2.05, 4.69) is 13.2 Å². The van der Waals surface area contributed by atoms with Crippen molar-refractivity contribution in [3.8, 4) is 0 Å². The third-order valence-electron chi connectivity index (χ3n) is 4.84. The average Bonchev–Trinajstić information content (AvgIpc) is 2.65. The number of rotatable bonds is 20. The summed E-state index contributed by atoms with van der Waals surface area (Å²) in [6.45, 7) is 7.01. The van der Waals surface area contributed by atoms with Gasteiger partial charge in [-0.15, -0.1) is 13.2 Å². The summed E-state index contributed by atoms with van der Waals surface area (Å²) in [6, 6.07) is 0. The zero-order chi connectivity index (χ0) is 28.4. The van der Waals surface area contributed by atoms with Gasteiger partial charge in [-0.05, 0) is 61.1 Å². The molecule has 0 saturated carbocycles. The maximum absolute atomic E-state index is 13.8. The summed E-state index contributed by atoms with van der Waals surface area (Å²) < 4.78 is 99.7. The van der Waals surface area contributed by atoms with Crippen LogP contribution in [0.25, 0.3) is 0 Å². The molecule has 3 atom stereocenters. The second-order valence-corrected chi connectivity index (χ2v) is 15.5. The van der Waals surface area contributed by atoms with E-state index in [0.717, 1.165) is 22.6 Å². The Kier molecular flexibility index (Phi) is 24.0. The van der Waals surface area contributed by atoms with Gasteiger partial charge in [-0.3, -0.25) is 0 Å². The van der Waals surface area contributed by atoms with E-state index in [4.69, 9.17) is 0 Å². The minimum absolute atomic E-state index is 0.131. The highest BCUT2D eigenvalue weighted by Crippen LogP contribution is 2.37. The third-order valence-corrected chi connectivity index (χ3v) is 8.13. The number of halogens is 12. The van der Waals surface area contributed by atoms with Crippen LogP contribution in [0.3, 0.4) is 0 Å². The maximum atomic E-state index is 13.8. The molecule has 0 radical (unpaired) electrons. The molecule has 0 N–H and O–H groups in total. The molecule has 0 nitrogen and oxygen atoms in total. The van der Waals surface area contributed by atoms with Crippen molar-refractivity contribution in [1.82, 2.24) is 0 Å². The molecule has 12 heteroatoms. The molecule has 0 aromatic heterocycles. The van der Waals surface area contributed by atoms with Crippen LogP contribution in [0.4, 0.5) is 35.1 Å². The quantitative estimate of drug-likeness (QED) is 0.0375. The molecular formula is C24H36F8I4. The van der Waals surface area contributed by atoms with Gasteiger partial charge in [0.15, 0.2) is 0 Å². The highest BCUT2D eigenvalue weighted by molar-refractivity contribution is 14.1. The number of alkyl halides is 12. The van der Waals surface area contributed by atoms with Crippen LogP contribution < -0.4 is 0 Å². The van der Waals surface area contributed by atoms with Crippen molar-refractivity contribution in [3.05, 3.63) is 25.3 Å². The summed E-state index contributed by atoms with van der Waals surface area (Å²) in [5.41, 5.74) is 0. The van der Waals surface area contributed by atoms with Crippen molar-refractivity contribution in [2.75, 3.05) is 0 Å². The van der Waals surface area contributed by atoms with Gasteiger partial charge in [0.1, 0.15) is 0 Å². The summed E-state index contributed by atoms with van der Waals surface area (Å²) >= 11 is 6.96. The first kappa shape index (κ1) is 40.0. The van der Waals surface area contributed by atoms with Gasteiger partial charge in [-0.2, -0.15) is 8.78 Å². The van der Waals surface area contributed by atoms with Crippen LogP contribution in [0.2, 0.25) is 0 Å².